The van der Waals surface area contributed by atoms with Crippen LogP contribution in [-0.2, 0) is 7.05 Å². The zero-order valence-corrected chi connectivity index (χ0v) is 7.25. The summed E-state index contributed by atoms with van der Waals surface area (Å²) in [6.07, 6.45) is 0. The first-order valence-corrected chi connectivity index (χ1v) is 3.50. The third-order valence-electron chi connectivity index (χ3n) is 1.75. The first-order chi connectivity index (χ1) is 5.57. The fraction of sp³-hybridized carbons (Fsp3) is 0.375. The molecule has 0 aliphatic rings. The van der Waals surface area contributed by atoms with Crippen molar-refractivity contribution < 1.29 is 4.79 Å². The van der Waals surface area contributed by atoms with E-state index in [0.717, 1.165) is 5.69 Å². The number of carbonyl (C=O) groups is 1. The molecule has 4 heteroatoms. The van der Waals surface area contributed by atoms with Gasteiger partial charge >= 0.3 is 0 Å². The molecular formula is C8H9N3O. The highest BCUT2D eigenvalue weighted by Gasteiger charge is 2.15. The number of ketones is 1. The lowest BCUT2D eigenvalue weighted by Crippen LogP contribution is -1.96. The van der Waals surface area contributed by atoms with Crippen molar-refractivity contribution in [2.24, 2.45) is 7.05 Å². The smallest absolute Gasteiger partial charge is 0.237 e. The van der Waals surface area contributed by atoms with Crippen molar-refractivity contribution in [3.63, 3.8) is 0 Å². The van der Waals surface area contributed by atoms with Crippen LogP contribution >= 0.6 is 0 Å². The SMILES string of the molecule is [C-]#[N+]c1c(C(C)=O)nn(C)c1C. The standard InChI is InChI=1S/C8H9N3O/c1-5-7(9-3)8(6(2)12)10-11(5)4/h1-2,4H3. The molecular weight excluding hydrogens is 154 g/mol. The normalized spacial score (nSPS) is 9.50. The quantitative estimate of drug-likeness (QED) is 0.464. The average Bonchev–Trinajstić information content (AvgIpc) is 2.29. The number of aromatic nitrogens is 2. The van der Waals surface area contributed by atoms with Crippen LogP contribution in [0.4, 0.5) is 5.69 Å². The molecule has 62 valence electrons. The number of nitrogens with zero attached hydrogens (tertiary/aromatic N) is 3. The van der Waals surface area contributed by atoms with Gasteiger partial charge in [0.05, 0.1) is 6.57 Å². The van der Waals surface area contributed by atoms with Crippen molar-refractivity contribution in [3.8, 4) is 0 Å². The molecule has 0 fully saturated rings. The third kappa shape index (κ3) is 1.10. The van der Waals surface area contributed by atoms with E-state index in [2.05, 4.69) is 9.94 Å². The lowest BCUT2D eigenvalue weighted by molar-refractivity contribution is 0.101. The Kier molecular flexibility index (Phi) is 1.96. The zero-order valence-electron chi connectivity index (χ0n) is 7.25. The van der Waals surface area contributed by atoms with Gasteiger partial charge < -0.3 is 0 Å². The molecule has 0 aromatic carbocycles. The van der Waals surface area contributed by atoms with Gasteiger partial charge in [-0.15, -0.1) is 0 Å². The van der Waals surface area contributed by atoms with Crippen molar-refractivity contribution in [1.82, 2.24) is 9.78 Å². The largest absolute Gasteiger partial charge is 0.294 e. The molecule has 1 aromatic rings. The van der Waals surface area contributed by atoms with E-state index >= 15 is 0 Å². The maximum Gasteiger partial charge on any atom is 0.237 e. The number of Topliss-reactive ketones (excluding diaryl/α,β-unsaturated/α-hetero) is 1. The molecule has 0 aliphatic heterocycles. The Morgan fingerprint density at radius 2 is 2.25 bits per heavy atom. The predicted octanol–water partition coefficient (Wildman–Crippen LogP) is 1.48. The molecule has 0 saturated heterocycles. The van der Waals surface area contributed by atoms with Crippen LogP contribution in [0.25, 0.3) is 4.85 Å². The minimum absolute atomic E-state index is 0.162. The summed E-state index contributed by atoms with van der Waals surface area (Å²) in [5.41, 5.74) is 1.37. The van der Waals surface area contributed by atoms with Gasteiger partial charge in [-0.1, -0.05) is 0 Å². The molecule has 4 nitrogen and oxygen atoms in total. The van der Waals surface area contributed by atoms with Gasteiger partial charge in [-0.05, 0) is 13.8 Å². The maximum absolute atomic E-state index is 11.0. The minimum Gasteiger partial charge on any atom is -0.294 e. The molecule has 12 heavy (non-hydrogen) atoms. The summed E-state index contributed by atoms with van der Waals surface area (Å²) in [5, 5.41) is 3.93. The zero-order chi connectivity index (χ0) is 9.30. The number of hydrogen-bond donors (Lipinski definition) is 0. The molecule has 1 aromatic heterocycles. The van der Waals surface area contributed by atoms with E-state index in [9.17, 15) is 4.79 Å². The maximum atomic E-state index is 11.0. The molecule has 0 radical (unpaired) electrons. The van der Waals surface area contributed by atoms with Gasteiger partial charge in [0.2, 0.25) is 5.69 Å². The van der Waals surface area contributed by atoms with E-state index in [4.69, 9.17) is 6.57 Å². The van der Waals surface area contributed by atoms with Crippen LogP contribution in [0.15, 0.2) is 0 Å². The topological polar surface area (TPSA) is 39.2 Å². The van der Waals surface area contributed by atoms with Crippen LogP contribution in [0.5, 0.6) is 0 Å². The highest BCUT2D eigenvalue weighted by Crippen LogP contribution is 2.22. The monoisotopic (exact) mass is 163 g/mol. The minimum atomic E-state index is -0.162. The van der Waals surface area contributed by atoms with Crippen LogP contribution in [0.2, 0.25) is 0 Å². The molecule has 0 N–H and O–H groups in total. The fourth-order valence-electron chi connectivity index (χ4n) is 0.968. The highest BCUT2D eigenvalue weighted by molar-refractivity contribution is 5.98. The number of hydrogen-bond acceptors (Lipinski definition) is 2. The van der Waals surface area contributed by atoms with Gasteiger partial charge in [-0.3, -0.25) is 9.48 Å². The third-order valence-corrected chi connectivity index (χ3v) is 1.75. The van der Waals surface area contributed by atoms with Gasteiger partial charge in [0.1, 0.15) is 5.69 Å². The average molecular weight is 163 g/mol. The molecule has 0 amide bonds. The highest BCUT2D eigenvalue weighted by atomic mass is 16.1. The van der Waals surface area contributed by atoms with E-state index in [1.54, 1.807) is 18.7 Å². The van der Waals surface area contributed by atoms with E-state index in [-0.39, 0.29) is 11.5 Å². The molecule has 0 aliphatic carbocycles. The molecule has 0 unspecified atom stereocenters. The van der Waals surface area contributed by atoms with Crippen molar-refractivity contribution in [2.45, 2.75) is 13.8 Å². The second-order valence-corrected chi connectivity index (χ2v) is 2.57. The summed E-state index contributed by atoms with van der Waals surface area (Å²) in [5.74, 6) is -0.162. The molecule has 1 rings (SSSR count). The van der Waals surface area contributed by atoms with E-state index < -0.39 is 0 Å². The van der Waals surface area contributed by atoms with Crippen molar-refractivity contribution in [1.29, 1.82) is 0 Å². The van der Waals surface area contributed by atoms with Gasteiger partial charge in [-0.25, -0.2) is 4.85 Å². The van der Waals surface area contributed by atoms with Gasteiger partial charge in [0, 0.05) is 12.7 Å². The van der Waals surface area contributed by atoms with Crippen LogP contribution in [0, 0.1) is 13.5 Å². The Morgan fingerprint density at radius 3 is 2.58 bits per heavy atom. The summed E-state index contributed by atoms with van der Waals surface area (Å²) < 4.78 is 1.55. The lowest BCUT2D eigenvalue weighted by Gasteiger charge is -1.90. The van der Waals surface area contributed by atoms with Crippen molar-refractivity contribution in [2.75, 3.05) is 0 Å². The Balaban J connectivity index is 3.42. The summed E-state index contributed by atoms with van der Waals surface area (Å²) in [6.45, 7) is 10.0. The summed E-state index contributed by atoms with van der Waals surface area (Å²) in [7, 11) is 1.72. The predicted molar refractivity (Wildman–Crippen MR) is 44.2 cm³/mol. The molecule has 0 atom stereocenters. The van der Waals surface area contributed by atoms with E-state index in [0.29, 0.717) is 5.69 Å². The number of rotatable bonds is 1. The second-order valence-electron chi connectivity index (χ2n) is 2.57. The van der Waals surface area contributed by atoms with Gasteiger partial charge in [-0.2, -0.15) is 5.10 Å². The van der Waals surface area contributed by atoms with Gasteiger partial charge in [0.15, 0.2) is 5.78 Å². The Bertz CT molecular complexity index is 370. The molecule has 1 heterocycles. The molecule has 0 saturated carbocycles. The van der Waals surface area contributed by atoms with Crippen LogP contribution < -0.4 is 0 Å². The molecule has 0 bridgehead atoms. The Morgan fingerprint density at radius 1 is 1.67 bits per heavy atom. The first kappa shape index (κ1) is 8.47. The van der Waals surface area contributed by atoms with Crippen LogP contribution in [0.1, 0.15) is 23.1 Å². The lowest BCUT2D eigenvalue weighted by atomic mass is 10.2. The van der Waals surface area contributed by atoms with Crippen LogP contribution in [0.3, 0.4) is 0 Å². The summed E-state index contributed by atoms with van der Waals surface area (Å²) in [4.78, 5) is 14.2. The Labute approximate surface area is 70.6 Å². The number of aryl methyl sites for hydroxylation is 1. The fourth-order valence-corrected chi connectivity index (χ4v) is 0.968. The summed E-state index contributed by atoms with van der Waals surface area (Å²) >= 11 is 0. The van der Waals surface area contributed by atoms with E-state index in [1.807, 2.05) is 0 Å². The van der Waals surface area contributed by atoms with Gasteiger partial charge in [0.25, 0.3) is 0 Å². The van der Waals surface area contributed by atoms with Crippen molar-refractivity contribution in [3.05, 3.63) is 22.8 Å². The Hall–Kier alpha value is -1.63. The van der Waals surface area contributed by atoms with E-state index in [1.165, 1.54) is 6.92 Å². The molecule has 0 spiro atoms. The van der Waals surface area contributed by atoms with Crippen LogP contribution in [-0.4, -0.2) is 15.6 Å². The van der Waals surface area contributed by atoms with Crippen molar-refractivity contribution >= 4 is 11.5 Å². The number of carbonyl (C=O) groups excluding carboxylic acids is 1. The first-order valence-electron chi connectivity index (χ1n) is 3.50. The second kappa shape index (κ2) is 2.78. The summed E-state index contributed by atoms with van der Waals surface area (Å²) in [6, 6.07) is 0.